The first-order valence-corrected chi connectivity index (χ1v) is 31.3. The van der Waals surface area contributed by atoms with Crippen molar-refractivity contribution in [3.05, 3.63) is 0 Å². The van der Waals surface area contributed by atoms with Crippen LogP contribution in [0.15, 0.2) is 0 Å². The van der Waals surface area contributed by atoms with Crippen LogP contribution in [0.1, 0.15) is 260 Å². The van der Waals surface area contributed by atoms with Crippen molar-refractivity contribution >= 4 is 23.8 Å². The molecule has 0 spiro atoms. The van der Waals surface area contributed by atoms with Crippen LogP contribution in [-0.4, -0.2) is 125 Å². The number of carbonyl (C=O) groups excluding carboxylic acids is 4. The molecule has 0 heterocycles. The fourth-order valence-corrected chi connectivity index (χ4v) is 8.12. The van der Waals surface area contributed by atoms with E-state index in [9.17, 15) is 19.2 Å². The monoisotopic (exact) mass is 1110 g/mol. The maximum atomic E-state index is 14.2. The molecule has 0 aliphatic rings. The number of esters is 3. The van der Waals surface area contributed by atoms with Crippen LogP contribution in [0.2, 0.25) is 0 Å². The Morgan fingerprint density at radius 3 is 1.18 bits per heavy atom. The molecule has 79 heavy (non-hydrogen) atoms. The lowest BCUT2D eigenvalue weighted by molar-refractivity contribution is -0.156. The van der Waals surface area contributed by atoms with Crippen molar-refractivity contribution in [1.82, 2.24) is 9.80 Å². The quantitative estimate of drug-likeness (QED) is 0.0188. The number of rotatable bonds is 50. The molecule has 0 aliphatic heterocycles. The van der Waals surface area contributed by atoms with Gasteiger partial charge in [-0.3, -0.25) is 19.2 Å². The van der Waals surface area contributed by atoms with Gasteiger partial charge in [0.05, 0.1) is 38.9 Å². The van der Waals surface area contributed by atoms with Crippen LogP contribution in [0, 0.1) is 47.4 Å². The van der Waals surface area contributed by atoms with Gasteiger partial charge in [-0.25, -0.2) is 0 Å². The molecular weight excluding hydrogens is 997 g/mol. The van der Waals surface area contributed by atoms with E-state index in [1.54, 1.807) is 4.90 Å². The van der Waals surface area contributed by atoms with Gasteiger partial charge in [0.25, 0.3) is 0 Å². The average molecular weight is 1110 g/mol. The zero-order valence-electron chi connectivity index (χ0n) is 51.4. The summed E-state index contributed by atoms with van der Waals surface area (Å²) in [5.74, 6) is 24.0. The van der Waals surface area contributed by atoms with Crippen molar-refractivity contribution < 1.29 is 52.3 Å². The highest BCUT2D eigenvalue weighted by atomic mass is 16.7. The number of nitrogens with zero attached hydrogens (tertiary/aromatic N) is 2. The van der Waals surface area contributed by atoms with E-state index in [1.165, 1.54) is 0 Å². The standard InChI is InChI=1S/C66H112N2O11/c1-9-15-20-25-29-38-53-73-65(74-54-39-30-26-21-16-10-2)47-36-34-45-62(70)77-57-59(68(52-42-51-67(7)8)61(69)49-50-64(72)79-60(43-14-6)44-33-24-19-13-5)58-78-63(71)46-35-37-48-66(75-55-40-31-27-22-17-11-3)76-56-41-32-28-23-18-12-4/h59-60,65-66H,9-24,33-58H2,1-8H3. The van der Waals surface area contributed by atoms with E-state index in [-0.39, 0.29) is 50.9 Å². The van der Waals surface area contributed by atoms with Gasteiger partial charge in [-0.1, -0.05) is 92.9 Å². The van der Waals surface area contributed by atoms with Gasteiger partial charge in [0.15, 0.2) is 12.6 Å². The van der Waals surface area contributed by atoms with Gasteiger partial charge < -0.3 is 43.0 Å². The van der Waals surface area contributed by atoms with Crippen molar-refractivity contribution in [2.24, 2.45) is 0 Å². The van der Waals surface area contributed by atoms with Gasteiger partial charge in [0, 0.05) is 77.2 Å². The third-order valence-electron chi connectivity index (χ3n) is 12.9. The number of amides is 1. The zero-order valence-corrected chi connectivity index (χ0v) is 51.4. The van der Waals surface area contributed by atoms with Crippen LogP contribution >= 0.6 is 0 Å². The van der Waals surface area contributed by atoms with Gasteiger partial charge in [-0.2, -0.15) is 0 Å². The van der Waals surface area contributed by atoms with Crippen LogP contribution in [0.5, 0.6) is 0 Å². The molecule has 1 atom stereocenters. The Balaban J connectivity index is 6.04. The Bertz CT molecular complexity index is 1600. The second-order valence-corrected chi connectivity index (χ2v) is 20.7. The first-order chi connectivity index (χ1) is 38.5. The second kappa shape index (κ2) is 57.2. The molecule has 0 N–H and O–H groups in total. The third kappa shape index (κ3) is 49.5. The first kappa shape index (κ1) is 74.9. The Morgan fingerprint density at radius 1 is 0.380 bits per heavy atom. The molecule has 0 aromatic carbocycles. The maximum absolute atomic E-state index is 14.2. The molecule has 452 valence electrons. The molecule has 1 amide bonds. The smallest absolute Gasteiger partial charge is 0.306 e. The van der Waals surface area contributed by atoms with Gasteiger partial charge in [0.2, 0.25) is 5.91 Å². The highest BCUT2D eigenvalue weighted by Crippen LogP contribution is 2.17. The van der Waals surface area contributed by atoms with Gasteiger partial charge in [-0.05, 0) is 111 Å². The van der Waals surface area contributed by atoms with Crippen LogP contribution in [0.3, 0.4) is 0 Å². The predicted molar refractivity (Wildman–Crippen MR) is 319 cm³/mol. The van der Waals surface area contributed by atoms with Gasteiger partial charge in [-0.15, -0.1) is 47.4 Å². The molecule has 0 saturated carbocycles. The molecule has 0 rings (SSSR count). The molecule has 0 saturated heterocycles. The maximum Gasteiger partial charge on any atom is 0.306 e. The first-order valence-electron chi connectivity index (χ1n) is 31.3. The second-order valence-electron chi connectivity index (χ2n) is 20.7. The van der Waals surface area contributed by atoms with E-state index in [0.717, 1.165) is 122 Å². The minimum Gasteiger partial charge on any atom is -0.463 e. The molecule has 0 fully saturated rings. The SMILES string of the molecule is CCCCC#CCCOC(CCCCC(=O)OCC(COC(=O)CCCCC(OCCC#CCCCC)OCCC#CCCCC)N(CCCN(C)C)C(=O)CCC(=O)OC(CCC)CCCCCC)OCCC#CCCCC. The number of hydrogen-bond donors (Lipinski definition) is 0. The van der Waals surface area contributed by atoms with Gasteiger partial charge >= 0.3 is 17.9 Å². The summed E-state index contributed by atoms with van der Waals surface area (Å²) < 4.78 is 42.1. The van der Waals surface area contributed by atoms with E-state index < -0.39 is 36.5 Å². The van der Waals surface area contributed by atoms with Crippen molar-refractivity contribution in [1.29, 1.82) is 0 Å². The summed E-state index contributed by atoms with van der Waals surface area (Å²) in [7, 11) is 3.92. The van der Waals surface area contributed by atoms with Crippen molar-refractivity contribution in [3.8, 4) is 47.4 Å². The predicted octanol–water partition coefficient (Wildman–Crippen LogP) is 13.9. The van der Waals surface area contributed by atoms with Crippen molar-refractivity contribution in [3.63, 3.8) is 0 Å². The molecule has 13 heteroatoms. The number of ether oxygens (including phenoxy) is 7. The fourth-order valence-electron chi connectivity index (χ4n) is 8.12. The average Bonchev–Trinajstić information content (AvgIpc) is 3.43. The Hall–Kier alpha value is -4.08. The van der Waals surface area contributed by atoms with E-state index in [2.05, 4.69) is 88.9 Å². The minimum atomic E-state index is -0.771. The fraction of sp³-hybridized carbons (Fsp3) is 0.818. The zero-order chi connectivity index (χ0) is 58.1. The summed E-state index contributed by atoms with van der Waals surface area (Å²) in [6.07, 6.45) is 24.9. The lowest BCUT2D eigenvalue weighted by atomic mass is 10.1. The minimum absolute atomic E-state index is 0.0786. The number of unbranched alkanes of at least 4 members (excludes halogenated alkanes) is 13. The van der Waals surface area contributed by atoms with Crippen molar-refractivity contribution in [2.75, 3.05) is 66.8 Å². The Kier molecular flexibility index (Phi) is 54.2. The number of hydrogen-bond acceptors (Lipinski definition) is 12. The molecule has 13 nitrogen and oxygen atoms in total. The van der Waals surface area contributed by atoms with E-state index in [1.807, 2.05) is 19.0 Å². The molecular formula is C66H112N2O11. The molecule has 0 bridgehead atoms. The summed E-state index contributed by atoms with van der Waals surface area (Å²) in [6.45, 7) is 15.4. The highest BCUT2D eigenvalue weighted by molar-refractivity contribution is 5.82. The summed E-state index contributed by atoms with van der Waals surface area (Å²) in [5, 5.41) is 0. The number of carbonyl (C=O) groups is 4. The van der Waals surface area contributed by atoms with Crippen molar-refractivity contribution in [2.45, 2.75) is 285 Å². The van der Waals surface area contributed by atoms with E-state index in [0.29, 0.717) is 110 Å². The summed E-state index contributed by atoms with van der Waals surface area (Å²) in [5.41, 5.74) is 0. The summed E-state index contributed by atoms with van der Waals surface area (Å²) in [4.78, 5) is 57.9. The molecule has 1 unspecified atom stereocenters. The topological polar surface area (TPSA) is 139 Å². The largest absolute Gasteiger partial charge is 0.463 e. The summed E-state index contributed by atoms with van der Waals surface area (Å²) >= 11 is 0. The molecule has 0 aromatic rings. The van der Waals surface area contributed by atoms with Crippen LogP contribution in [0.25, 0.3) is 0 Å². The Labute approximate surface area is 482 Å². The lowest BCUT2D eigenvalue weighted by Gasteiger charge is -2.32. The lowest BCUT2D eigenvalue weighted by Crippen LogP contribution is -2.47. The Morgan fingerprint density at radius 2 is 0.785 bits per heavy atom. The van der Waals surface area contributed by atoms with Gasteiger partial charge in [0.1, 0.15) is 19.3 Å². The molecule has 0 aliphatic carbocycles. The normalized spacial score (nSPS) is 11.3. The third-order valence-corrected chi connectivity index (χ3v) is 12.9. The van der Waals surface area contributed by atoms with E-state index >= 15 is 0 Å². The molecule has 0 aromatic heterocycles. The van der Waals surface area contributed by atoms with Crippen LogP contribution in [-0.2, 0) is 52.3 Å². The molecule has 0 radical (unpaired) electrons. The van der Waals surface area contributed by atoms with Crippen LogP contribution in [0.4, 0.5) is 0 Å². The van der Waals surface area contributed by atoms with Crippen LogP contribution < -0.4 is 0 Å². The van der Waals surface area contributed by atoms with E-state index in [4.69, 9.17) is 33.2 Å². The summed E-state index contributed by atoms with van der Waals surface area (Å²) in [6, 6.07) is -0.771. The highest BCUT2D eigenvalue weighted by Gasteiger charge is 2.28.